The van der Waals surface area contributed by atoms with Crippen LogP contribution in [0, 0.1) is 5.92 Å². The molecule has 0 heterocycles. The van der Waals surface area contributed by atoms with Crippen molar-refractivity contribution in [2.24, 2.45) is 5.92 Å². The normalized spacial score (nSPS) is 12.6. The lowest BCUT2D eigenvalue weighted by molar-refractivity contribution is 0.217. The maximum Gasteiger partial charge on any atom is 0.119 e. The molecule has 1 unspecified atom stereocenters. The fourth-order valence-corrected chi connectivity index (χ4v) is 2.18. The summed E-state index contributed by atoms with van der Waals surface area (Å²) in [5.74, 6) is 1.72. The van der Waals surface area contributed by atoms with Crippen LogP contribution in [0.15, 0.2) is 24.3 Å². The molecule has 3 nitrogen and oxygen atoms in total. The highest BCUT2D eigenvalue weighted by molar-refractivity contribution is 5.27. The average molecular weight is 292 g/mol. The molecule has 1 rings (SSSR count). The average Bonchev–Trinajstić information content (AvgIpc) is 2.49. The third-order valence-corrected chi connectivity index (χ3v) is 3.74. The summed E-state index contributed by atoms with van der Waals surface area (Å²) in [5, 5.41) is 3.41. The van der Waals surface area contributed by atoms with Gasteiger partial charge in [0.15, 0.2) is 0 Å². The van der Waals surface area contributed by atoms with Crippen molar-refractivity contribution in [3.05, 3.63) is 29.8 Å². The third-order valence-electron chi connectivity index (χ3n) is 3.74. The van der Waals surface area contributed by atoms with E-state index in [1.54, 1.807) is 0 Å². The molecule has 1 N–H and O–H groups in total. The van der Waals surface area contributed by atoms with Gasteiger partial charge in [0.2, 0.25) is 0 Å². The molecule has 0 radical (unpaired) electrons. The zero-order chi connectivity index (χ0) is 15.5. The van der Waals surface area contributed by atoms with E-state index in [0.29, 0.717) is 0 Å². The Morgan fingerprint density at radius 1 is 1.19 bits per heavy atom. The van der Waals surface area contributed by atoms with Gasteiger partial charge < -0.3 is 15.0 Å². The van der Waals surface area contributed by atoms with Crippen LogP contribution in [-0.2, 0) is 6.54 Å². The highest BCUT2D eigenvalue weighted by atomic mass is 16.5. The fourth-order valence-electron chi connectivity index (χ4n) is 2.18. The van der Waals surface area contributed by atoms with E-state index in [-0.39, 0.29) is 0 Å². The lowest BCUT2D eigenvalue weighted by atomic mass is 10.1. The van der Waals surface area contributed by atoms with Gasteiger partial charge in [0, 0.05) is 19.6 Å². The summed E-state index contributed by atoms with van der Waals surface area (Å²) in [7, 11) is 2.16. The van der Waals surface area contributed by atoms with Gasteiger partial charge in [0.25, 0.3) is 0 Å². The fraction of sp³-hybridized carbons (Fsp3) is 0.667. The highest BCUT2D eigenvalue weighted by Gasteiger charge is 2.04. The maximum absolute atomic E-state index is 5.81. The van der Waals surface area contributed by atoms with E-state index in [1.165, 1.54) is 18.4 Å². The van der Waals surface area contributed by atoms with Crippen LogP contribution in [0.2, 0.25) is 0 Å². The minimum atomic E-state index is 0.750. The molecule has 0 saturated heterocycles. The second-order valence-corrected chi connectivity index (χ2v) is 5.94. The van der Waals surface area contributed by atoms with Crippen LogP contribution >= 0.6 is 0 Å². The van der Waals surface area contributed by atoms with Crippen molar-refractivity contribution in [1.82, 2.24) is 10.2 Å². The molecule has 0 saturated carbocycles. The van der Waals surface area contributed by atoms with E-state index in [0.717, 1.165) is 44.5 Å². The quantitative estimate of drug-likeness (QED) is 0.631. The lowest BCUT2D eigenvalue weighted by Gasteiger charge is -2.20. The second kappa shape index (κ2) is 10.6. The lowest BCUT2D eigenvalue weighted by Crippen LogP contribution is -2.28. The molecular weight excluding hydrogens is 260 g/mol. The molecule has 1 aromatic rings. The van der Waals surface area contributed by atoms with Gasteiger partial charge in [-0.3, -0.25) is 0 Å². The number of nitrogens with one attached hydrogen (secondary N) is 1. The van der Waals surface area contributed by atoms with Gasteiger partial charge >= 0.3 is 0 Å². The number of benzene rings is 1. The van der Waals surface area contributed by atoms with Gasteiger partial charge in [0.05, 0.1) is 0 Å². The molecule has 1 aromatic carbocycles. The van der Waals surface area contributed by atoms with E-state index in [1.807, 2.05) is 0 Å². The predicted molar refractivity (Wildman–Crippen MR) is 90.9 cm³/mol. The number of ether oxygens (including phenoxy) is 1. The van der Waals surface area contributed by atoms with Crippen molar-refractivity contribution in [3.8, 4) is 5.75 Å². The molecule has 120 valence electrons. The van der Waals surface area contributed by atoms with E-state index in [2.05, 4.69) is 62.3 Å². The largest absolute Gasteiger partial charge is 0.492 e. The third kappa shape index (κ3) is 8.08. The Morgan fingerprint density at radius 2 is 1.90 bits per heavy atom. The molecule has 0 amide bonds. The summed E-state index contributed by atoms with van der Waals surface area (Å²) in [6.07, 6.45) is 2.41. The van der Waals surface area contributed by atoms with Crippen LogP contribution in [0.5, 0.6) is 5.75 Å². The standard InChI is InChI=1S/C18H32N2O/c1-5-11-19-14-17-7-9-18(10-8-17)21-13-12-20(4)15-16(3)6-2/h7-10,16,19H,5-6,11-15H2,1-4H3. The zero-order valence-corrected chi connectivity index (χ0v) is 14.2. The topological polar surface area (TPSA) is 24.5 Å². The summed E-state index contributed by atoms with van der Waals surface area (Å²) in [4.78, 5) is 2.34. The summed E-state index contributed by atoms with van der Waals surface area (Å²) < 4.78 is 5.81. The molecule has 0 aliphatic carbocycles. The Kier molecular flexibility index (Phi) is 9.11. The Balaban J connectivity index is 2.23. The molecule has 0 aliphatic rings. The van der Waals surface area contributed by atoms with Crippen molar-refractivity contribution < 1.29 is 4.74 Å². The van der Waals surface area contributed by atoms with Crippen molar-refractivity contribution in [3.63, 3.8) is 0 Å². The van der Waals surface area contributed by atoms with Crippen LogP contribution in [0.4, 0.5) is 0 Å². The van der Waals surface area contributed by atoms with Gasteiger partial charge in [-0.2, -0.15) is 0 Å². The number of hydrogen-bond donors (Lipinski definition) is 1. The summed E-state index contributed by atoms with van der Waals surface area (Å²) in [6.45, 7) is 11.6. The van der Waals surface area contributed by atoms with Crippen LogP contribution in [0.3, 0.4) is 0 Å². The molecule has 0 aromatic heterocycles. The number of rotatable bonds is 11. The molecule has 21 heavy (non-hydrogen) atoms. The Morgan fingerprint density at radius 3 is 2.52 bits per heavy atom. The predicted octanol–water partition coefficient (Wildman–Crippen LogP) is 3.54. The van der Waals surface area contributed by atoms with E-state index in [9.17, 15) is 0 Å². The molecule has 3 heteroatoms. The molecule has 0 spiro atoms. The first-order valence-corrected chi connectivity index (χ1v) is 8.26. The van der Waals surface area contributed by atoms with Crippen molar-refractivity contribution >= 4 is 0 Å². The van der Waals surface area contributed by atoms with Crippen LogP contribution in [-0.4, -0.2) is 38.2 Å². The SMILES string of the molecule is CCCNCc1ccc(OCCN(C)CC(C)CC)cc1. The number of nitrogens with zero attached hydrogens (tertiary/aromatic N) is 1. The summed E-state index contributed by atoms with van der Waals surface area (Å²) in [5.41, 5.74) is 1.31. The van der Waals surface area contributed by atoms with E-state index < -0.39 is 0 Å². The maximum atomic E-state index is 5.81. The molecular formula is C18H32N2O. The first kappa shape index (κ1) is 18.0. The minimum absolute atomic E-state index is 0.750. The van der Waals surface area contributed by atoms with Gasteiger partial charge in [-0.1, -0.05) is 39.3 Å². The molecule has 1 atom stereocenters. The summed E-state index contributed by atoms with van der Waals surface area (Å²) >= 11 is 0. The molecule has 0 aliphatic heterocycles. The summed E-state index contributed by atoms with van der Waals surface area (Å²) in [6, 6.07) is 8.41. The first-order chi connectivity index (χ1) is 10.2. The highest BCUT2D eigenvalue weighted by Crippen LogP contribution is 2.12. The van der Waals surface area contributed by atoms with Gasteiger partial charge in [-0.05, 0) is 43.6 Å². The van der Waals surface area contributed by atoms with Gasteiger partial charge in [-0.25, -0.2) is 0 Å². The monoisotopic (exact) mass is 292 g/mol. The first-order valence-electron chi connectivity index (χ1n) is 8.26. The van der Waals surface area contributed by atoms with Crippen molar-refractivity contribution in [2.45, 2.75) is 40.2 Å². The number of hydrogen-bond acceptors (Lipinski definition) is 3. The van der Waals surface area contributed by atoms with Gasteiger partial charge in [-0.15, -0.1) is 0 Å². The number of likely N-dealkylation sites (N-methyl/N-ethyl adjacent to an activating group) is 1. The Bertz CT molecular complexity index is 364. The van der Waals surface area contributed by atoms with E-state index >= 15 is 0 Å². The minimum Gasteiger partial charge on any atom is -0.492 e. The van der Waals surface area contributed by atoms with Crippen LogP contribution in [0.25, 0.3) is 0 Å². The van der Waals surface area contributed by atoms with Crippen molar-refractivity contribution in [1.29, 1.82) is 0 Å². The molecule has 0 fully saturated rings. The van der Waals surface area contributed by atoms with Crippen LogP contribution < -0.4 is 10.1 Å². The molecule has 0 bridgehead atoms. The van der Waals surface area contributed by atoms with Crippen LogP contribution in [0.1, 0.15) is 39.2 Å². The van der Waals surface area contributed by atoms with E-state index in [4.69, 9.17) is 4.74 Å². The Hall–Kier alpha value is -1.06. The Labute approximate surface area is 130 Å². The van der Waals surface area contributed by atoms with Gasteiger partial charge in [0.1, 0.15) is 12.4 Å². The van der Waals surface area contributed by atoms with Crippen molar-refractivity contribution in [2.75, 3.05) is 33.3 Å². The zero-order valence-electron chi connectivity index (χ0n) is 14.2. The smallest absolute Gasteiger partial charge is 0.119 e. The second-order valence-electron chi connectivity index (χ2n) is 5.94.